The quantitative estimate of drug-likeness (QED) is 0.769. The predicted octanol–water partition coefficient (Wildman–Crippen LogP) is 1.37. The summed E-state index contributed by atoms with van der Waals surface area (Å²) >= 11 is 0. The first kappa shape index (κ1) is 12.2. The van der Waals surface area contributed by atoms with E-state index < -0.39 is 6.03 Å². The summed E-state index contributed by atoms with van der Waals surface area (Å²) in [5.74, 6) is -0.201. The van der Waals surface area contributed by atoms with Crippen molar-refractivity contribution in [3.05, 3.63) is 48.3 Å². The van der Waals surface area contributed by atoms with Crippen molar-refractivity contribution in [3.8, 4) is 0 Å². The minimum Gasteiger partial charge on any atom is -0.347 e. The zero-order valence-corrected chi connectivity index (χ0v) is 10.5. The molecule has 0 saturated heterocycles. The molecular weight excluding hydrogens is 256 g/mol. The summed E-state index contributed by atoms with van der Waals surface area (Å²) in [4.78, 5) is 27.0. The summed E-state index contributed by atoms with van der Waals surface area (Å²) in [5.41, 5.74) is 2.01. The van der Waals surface area contributed by atoms with Crippen molar-refractivity contribution < 1.29 is 9.59 Å². The first-order chi connectivity index (χ1) is 9.70. The van der Waals surface area contributed by atoms with Gasteiger partial charge in [0.05, 0.1) is 23.9 Å². The van der Waals surface area contributed by atoms with E-state index in [4.69, 9.17) is 0 Å². The van der Waals surface area contributed by atoms with Crippen molar-refractivity contribution in [3.63, 3.8) is 0 Å². The number of nitrogens with zero attached hydrogens (tertiary/aromatic N) is 1. The van der Waals surface area contributed by atoms with E-state index in [1.54, 1.807) is 6.20 Å². The number of aromatic nitrogens is 1. The van der Waals surface area contributed by atoms with Crippen molar-refractivity contribution in [1.29, 1.82) is 0 Å². The van der Waals surface area contributed by atoms with Gasteiger partial charge in [-0.3, -0.25) is 9.78 Å². The van der Waals surface area contributed by atoms with E-state index in [0.29, 0.717) is 17.9 Å². The Labute approximate surface area is 114 Å². The van der Waals surface area contributed by atoms with Gasteiger partial charge in [0.25, 0.3) is 0 Å². The topological polar surface area (TPSA) is 83.1 Å². The van der Waals surface area contributed by atoms with Gasteiger partial charge in [-0.05, 0) is 12.1 Å². The van der Waals surface area contributed by atoms with Gasteiger partial charge in [-0.25, -0.2) is 4.79 Å². The molecule has 1 aliphatic heterocycles. The molecule has 0 aliphatic carbocycles. The molecular formula is C14H12N4O2. The van der Waals surface area contributed by atoms with Gasteiger partial charge >= 0.3 is 6.03 Å². The highest BCUT2D eigenvalue weighted by molar-refractivity contribution is 5.96. The van der Waals surface area contributed by atoms with Crippen LogP contribution in [0.3, 0.4) is 0 Å². The molecule has 1 aromatic heterocycles. The smallest absolute Gasteiger partial charge is 0.323 e. The highest BCUT2D eigenvalue weighted by atomic mass is 16.2. The number of carbonyl (C=O) groups is 2. The van der Waals surface area contributed by atoms with Crippen LogP contribution < -0.4 is 16.0 Å². The Hall–Kier alpha value is -2.89. The summed E-state index contributed by atoms with van der Waals surface area (Å²) in [5, 5.41) is 8.81. The molecule has 3 rings (SSSR count). The normalized spacial score (nSPS) is 13.8. The molecule has 1 aliphatic rings. The van der Waals surface area contributed by atoms with Crippen molar-refractivity contribution in [2.24, 2.45) is 0 Å². The minimum atomic E-state index is -0.398. The second-order valence-electron chi connectivity index (χ2n) is 4.38. The van der Waals surface area contributed by atoms with Gasteiger partial charge < -0.3 is 16.0 Å². The number of urea groups is 1. The van der Waals surface area contributed by atoms with Crippen LogP contribution in [-0.4, -0.2) is 23.5 Å². The number of para-hydroxylation sites is 1. The van der Waals surface area contributed by atoms with Gasteiger partial charge in [0.2, 0.25) is 5.91 Å². The number of hydrogen-bond donors (Lipinski definition) is 3. The fourth-order valence-corrected chi connectivity index (χ4v) is 1.97. The van der Waals surface area contributed by atoms with Crippen LogP contribution in [0.5, 0.6) is 0 Å². The number of carbonyl (C=O) groups excluding carboxylic acids is 2. The Bertz CT molecular complexity index is 724. The summed E-state index contributed by atoms with van der Waals surface area (Å²) < 4.78 is 0. The highest BCUT2D eigenvalue weighted by Gasteiger charge is 2.13. The third-order valence-corrected chi connectivity index (χ3v) is 2.88. The van der Waals surface area contributed by atoms with Crippen molar-refractivity contribution in [1.82, 2.24) is 15.6 Å². The Kier molecular flexibility index (Phi) is 3.04. The predicted molar refractivity (Wildman–Crippen MR) is 75.0 cm³/mol. The molecule has 6 heteroatoms. The molecule has 0 unspecified atom stereocenters. The van der Waals surface area contributed by atoms with Crippen LogP contribution in [0.1, 0.15) is 0 Å². The Balaban J connectivity index is 1.71. The standard InChI is InChI=1S/C14H12N4O2/c19-13-6-11(8-16-13)18-14(20)17-10-5-9-3-1-2-4-12(9)15-7-10/h1-7H,8H2,(H,16,19)(H2,17,18,20). The number of pyridine rings is 1. The van der Waals surface area contributed by atoms with Gasteiger partial charge in [0.15, 0.2) is 0 Å². The second kappa shape index (κ2) is 5.00. The van der Waals surface area contributed by atoms with Gasteiger partial charge in [0.1, 0.15) is 0 Å². The number of fused-ring (bicyclic) bond motifs is 1. The molecule has 0 spiro atoms. The van der Waals surface area contributed by atoms with E-state index in [2.05, 4.69) is 20.9 Å². The lowest BCUT2D eigenvalue weighted by molar-refractivity contribution is -0.115. The lowest BCUT2D eigenvalue weighted by Gasteiger charge is -2.08. The number of nitrogens with one attached hydrogen (secondary N) is 3. The fraction of sp³-hybridized carbons (Fsp3) is 0.0714. The van der Waals surface area contributed by atoms with E-state index in [-0.39, 0.29) is 5.91 Å². The SMILES string of the molecule is O=C1C=C(NC(=O)Nc2cnc3ccccc3c2)CN1. The molecule has 2 heterocycles. The van der Waals surface area contributed by atoms with E-state index in [0.717, 1.165) is 10.9 Å². The molecule has 20 heavy (non-hydrogen) atoms. The third-order valence-electron chi connectivity index (χ3n) is 2.88. The zero-order valence-electron chi connectivity index (χ0n) is 10.5. The van der Waals surface area contributed by atoms with Crippen LogP contribution in [-0.2, 0) is 4.79 Å². The number of anilines is 1. The summed E-state index contributed by atoms with van der Waals surface area (Å²) in [7, 11) is 0. The largest absolute Gasteiger partial charge is 0.347 e. The number of amides is 3. The van der Waals surface area contributed by atoms with Crippen molar-refractivity contribution in [2.75, 3.05) is 11.9 Å². The van der Waals surface area contributed by atoms with Crippen LogP contribution in [0.2, 0.25) is 0 Å². The number of benzene rings is 1. The van der Waals surface area contributed by atoms with Gasteiger partial charge in [-0.1, -0.05) is 18.2 Å². The molecule has 2 aromatic rings. The molecule has 0 saturated carbocycles. The first-order valence-corrected chi connectivity index (χ1v) is 6.12. The number of hydrogen-bond acceptors (Lipinski definition) is 3. The third kappa shape index (κ3) is 2.59. The van der Waals surface area contributed by atoms with Gasteiger partial charge in [-0.2, -0.15) is 0 Å². The van der Waals surface area contributed by atoms with Crippen LogP contribution in [0.15, 0.2) is 48.3 Å². The van der Waals surface area contributed by atoms with Crippen LogP contribution in [0, 0.1) is 0 Å². The summed E-state index contributed by atoms with van der Waals surface area (Å²) in [6.45, 7) is 0.336. The lowest BCUT2D eigenvalue weighted by atomic mass is 10.2. The van der Waals surface area contributed by atoms with E-state index >= 15 is 0 Å². The molecule has 0 atom stereocenters. The molecule has 0 bridgehead atoms. The molecule has 1 aromatic carbocycles. The molecule has 0 radical (unpaired) electrons. The monoisotopic (exact) mass is 268 g/mol. The first-order valence-electron chi connectivity index (χ1n) is 6.12. The van der Waals surface area contributed by atoms with Gasteiger partial charge in [0, 0.05) is 17.2 Å². The molecule has 0 fully saturated rings. The maximum atomic E-state index is 11.8. The lowest BCUT2D eigenvalue weighted by Crippen LogP contribution is -2.30. The Morgan fingerprint density at radius 1 is 1.25 bits per heavy atom. The van der Waals surface area contributed by atoms with Crippen molar-refractivity contribution >= 4 is 28.5 Å². The van der Waals surface area contributed by atoms with E-state index in [1.807, 2.05) is 30.3 Å². The van der Waals surface area contributed by atoms with Crippen LogP contribution in [0.25, 0.3) is 10.9 Å². The molecule has 3 N–H and O–H groups in total. The zero-order chi connectivity index (χ0) is 13.9. The number of rotatable bonds is 2. The summed E-state index contributed by atoms with van der Waals surface area (Å²) in [6, 6.07) is 9.09. The maximum Gasteiger partial charge on any atom is 0.323 e. The molecule has 3 amide bonds. The average Bonchev–Trinajstić information content (AvgIpc) is 2.83. The fourth-order valence-electron chi connectivity index (χ4n) is 1.97. The Morgan fingerprint density at radius 2 is 2.10 bits per heavy atom. The minimum absolute atomic E-state index is 0.201. The molecule has 6 nitrogen and oxygen atoms in total. The maximum absolute atomic E-state index is 11.8. The van der Waals surface area contributed by atoms with E-state index in [1.165, 1.54) is 6.08 Å². The van der Waals surface area contributed by atoms with Crippen molar-refractivity contribution in [2.45, 2.75) is 0 Å². The van der Waals surface area contributed by atoms with E-state index in [9.17, 15) is 9.59 Å². The second-order valence-corrected chi connectivity index (χ2v) is 4.38. The average molecular weight is 268 g/mol. The molecule has 100 valence electrons. The van der Waals surface area contributed by atoms with Gasteiger partial charge in [-0.15, -0.1) is 0 Å². The van der Waals surface area contributed by atoms with Crippen LogP contribution in [0.4, 0.5) is 10.5 Å². The Morgan fingerprint density at radius 3 is 2.90 bits per heavy atom. The summed E-state index contributed by atoms with van der Waals surface area (Å²) in [6.07, 6.45) is 2.95. The highest BCUT2D eigenvalue weighted by Crippen LogP contribution is 2.15. The van der Waals surface area contributed by atoms with Crippen LogP contribution >= 0.6 is 0 Å².